The molecule has 0 aromatic rings. The molecular formula is C9H21N5O3Si. The van der Waals surface area contributed by atoms with Gasteiger partial charge in [0.1, 0.15) is 11.2 Å². The highest BCUT2D eigenvalue weighted by Gasteiger charge is 2.47. The Morgan fingerprint density at radius 3 is 2.11 bits per heavy atom. The first-order chi connectivity index (χ1) is 8.57. The number of amidine groups is 1. The average molecular weight is 275 g/mol. The summed E-state index contributed by atoms with van der Waals surface area (Å²) in [6, 6.07) is 0. The minimum Gasteiger partial charge on any atom is -0.382 e. The predicted octanol–water partition coefficient (Wildman–Crippen LogP) is -0.576. The van der Waals surface area contributed by atoms with Gasteiger partial charge in [0.05, 0.1) is 0 Å². The summed E-state index contributed by atoms with van der Waals surface area (Å²) in [7, 11) is -3.01. The van der Waals surface area contributed by atoms with Crippen molar-refractivity contribution in [3.63, 3.8) is 0 Å². The van der Waals surface area contributed by atoms with Gasteiger partial charge in [0.2, 0.25) is 0 Å². The number of hydrogen-bond donors (Lipinski definition) is 3. The molecule has 0 spiro atoms. The molecule has 18 heavy (non-hydrogen) atoms. The van der Waals surface area contributed by atoms with E-state index in [0.29, 0.717) is 25.1 Å². The summed E-state index contributed by atoms with van der Waals surface area (Å²) < 4.78 is 17.2. The van der Waals surface area contributed by atoms with E-state index < -0.39 is 8.80 Å². The van der Waals surface area contributed by atoms with Crippen molar-refractivity contribution >= 4 is 14.6 Å². The largest absolute Gasteiger partial charge is 0.556 e. The van der Waals surface area contributed by atoms with E-state index in [0.717, 1.165) is 5.23 Å². The van der Waals surface area contributed by atoms with E-state index >= 15 is 0 Å². The summed E-state index contributed by atoms with van der Waals surface area (Å²) in [5.41, 5.74) is 8.50. The van der Waals surface area contributed by atoms with E-state index in [9.17, 15) is 0 Å². The van der Waals surface area contributed by atoms with Crippen LogP contribution in [0.15, 0.2) is 16.5 Å². The molecule has 0 saturated carbocycles. The van der Waals surface area contributed by atoms with E-state index in [1.807, 2.05) is 20.8 Å². The Hall–Kier alpha value is -1.13. The summed E-state index contributed by atoms with van der Waals surface area (Å²) >= 11 is 0. The van der Waals surface area contributed by atoms with Crippen molar-refractivity contribution < 1.29 is 13.3 Å². The van der Waals surface area contributed by atoms with E-state index in [2.05, 4.69) is 10.5 Å². The Bertz CT molecular complexity index is 319. The summed E-state index contributed by atoms with van der Waals surface area (Å²) in [6.07, 6.45) is 1.62. The molecule has 0 saturated heterocycles. The summed E-state index contributed by atoms with van der Waals surface area (Å²) in [6.45, 7) is 7.02. The lowest BCUT2D eigenvalue weighted by Crippen LogP contribution is -2.58. The normalized spacial score (nSPS) is 16.1. The molecule has 1 aliphatic heterocycles. The van der Waals surface area contributed by atoms with Gasteiger partial charge >= 0.3 is 8.80 Å². The third-order valence-electron chi connectivity index (χ3n) is 2.08. The molecule has 1 rings (SSSR count). The molecule has 0 radical (unpaired) electrons. The fraction of sp³-hybridized carbons (Fsp3) is 0.667. The van der Waals surface area contributed by atoms with E-state index in [4.69, 9.17) is 24.9 Å². The molecule has 0 aromatic heterocycles. The first kappa shape index (κ1) is 14.9. The Balaban J connectivity index is 3.04. The van der Waals surface area contributed by atoms with Crippen molar-refractivity contribution in [3.05, 3.63) is 11.4 Å². The quantitative estimate of drug-likeness (QED) is 0.421. The number of hydrazone groups is 1. The molecule has 0 bridgehead atoms. The number of nitrogens with one attached hydrogen (secondary N) is 1. The van der Waals surface area contributed by atoms with Crippen LogP contribution in [0.3, 0.4) is 0 Å². The predicted molar refractivity (Wildman–Crippen MR) is 69.5 cm³/mol. The Morgan fingerprint density at radius 1 is 1.22 bits per heavy atom. The molecule has 0 aromatic carbocycles. The summed E-state index contributed by atoms with van der Waals surface area (Å²) in [5, 5.41) is 5.40. The van der Waals surface area contributed by atoms with Gasteiger partial charge in [0.15, 0.2) is 0 Å². The van der Waals surface area contributed by atoms with E-state index in [1.54, 1.807) is 6.08 Å². The van der Waals surface area contributed by atoms with Gasteiger partial charge in [-0.15, -0.1) is 10.3 Å². The van der Waals surface area contributed by atoms with Gasteiger partial charge in [0.25, 0.3) is 0 Å². The van der Waals surface area contributed by atoms with Crippen LogP contribution in [0, 0.1) is 0 Å². The fourth-order valence-corrected chi connectivity index (χ4v) is 4.00. The monoisotopic (exact) mass is 275 g/mol. The molecule has 9 heteroatoms. The first-order valence-electron chi connectivity index (χ1n) is 5.87. The molecule has 0 aliphatic carbocycles. The lowest BCUT2D eigenvalue weighted by Gasteiger charge is -2.33. The standard InChI is InChI=1S/C9H21N5O3Si/c1-4-15-18(16-5-2,17-6-3)9-7-8(10)12-14(11)13-9/h7,13H,4-6,11H2,1-3H3,(H2,10,12). The smallest absolute Gasteiger partial charge is 0.382 e. The van der Waals surface area contributed by atoms with Crippen LogP contribution in [0.2, 0.25) is 0 Å². The van der Waals surface area contributed by atoms with Crippen molar-refractivity contribution in [2.75, 3.05) is 19.8 Å². The Morgan fingerprint density at radius 2 is 1.72 bits per heavy atom. The molecule has 1 aliphatic rings. The molecular weight excluding hydrogens is 254 g/mol. The Labute approximate surface area is 108 Å². The highest BCUT2D eigenvalue weighted by atomic mass is 28.4. The van der Waals surface area contributed by atoms with Gasteiger partial charge in [-0.2, -0.15) is 0 Å². The van der Waals surface area contributed by atoms with Crippen LogP contribution >= 0.6 is 0 Å². The second kappa shape index (κ2) is 6.71. The minimum atomic E-state index is -3.01. The van der Waals surface area contributed by atoms with Crippen molar-refractivity contribution in [1.29, 1.82) is 0 Å². The van der Waals surface area contributed by atoms with Gasteiger partial charge < -0.3 is 19.0 Å². The molecule has 0 amide bonds. The van der Waals surface area contributed by atoms with Crippen molar-refractivity contribution in [3.8, 4) is 0 Å². The topological polar surface area (TPSA) is 107 Å². The summed E-state index contributed by atoms with van der Waals surface area (Å²) in [4.78, 5) is 0. The summed E-state index contributed by atoms with van der Waals surface area (Å²) in [5.74, 6) is 5.84. The first-order valence-corrected chi connectivity index (χ1v) is 7.60. The molecule has 0 atom stereocenters. The van der Waals surface area contributed by atoms with Crippen LogP contribution in [-0.2, 0) is 13.3 Å². The van der Waals surface area contributed by atoms with Gasteiger partial charge in [0, 0.05) is 25.9 Å². The average Bonchev–Trinajstić information content (AvgIpc) is 2.28. The zero-order valence-corrected chi connectivity index (χ0v) is 12.0. The van der Waals surface area contributed by atoms with Crippen LogP contribution in [0.1, 0.15) is 20.8 Å². The van der Waals surface area contributed by atoms with Crippen molar-refractivity contribution in [2.24, 2.45) is 16.7 Å². The number of nitrogens with two attached hydrogens (primary N) is 2. The zero-order chi connectivity index (χ0) is 13.6. The second-order valence-electron chi connectivity index (χ2n) is 3.39. The molecule has 0 unspecified atom stereocenters. The van der Waals surface area contributed by atoms with Crippen LogP contribution in [0.4, 0.5) is 0 Å². The van der Waals surface area contributed by atoms with Gasteiger partial charge in [-0.25, -0.2) is 5.84 Å². The van der Waals surface area contributed by atoms with Gasteiger partial charge in [-0.05, 0) is 20.8 Å². The van der Waals surface area contributed by atoms with E-state index in [-0.39, 0.29) is 5.84 Å². The number of hydrogen-bond acceptors (Lipinski definition) is 8. The molecule has 5 N–H and O–H groups in total. The zero-order valence-electron chi connectivity index (χ0n) is 11.0. The number of rotatable bonds is 7. The van der Waals surface area contributed by atoms with Crippen LogP contribution in [0.25, 0.3) is 0 Å². The molecule has 104 valence electrons. The van der Waals surface area contributed by atoms with Crippen LogP contribution < -0.4 is 17.0 Å². The third-order valence-corrected chi connectivity index (χ3v) is 5.01. The lowest BCUT2D eigenvalue weighted by atomic mass is 10.5. The second-order valence-corrected chi connectivity index (χ2v) is 5.91. The van der Waals surface area contributed by atoms with E-state index in [1.165, 1.54) is 0 Å². The Kier molecular flexibility index (Phi) is 5.56. The molecule has 1 heterocycles. The third kappa shape index (κ3) is 3.43. The maximum Gasteiger partial charge on any atom is 0.556 e. The molecule has 8 nitrogen and oxygen atoms in total. The van der Waals surface area contributed by atoms with Crippen molar-refractivity contribution in [2.45, 2.75) is 20.8 Å². The van der Waals surface area contributed by atoms with Gasteiger partial charge in [-0.1, -0.05) is 0 Å². The maximum absolute atomic E-state index is 5.72. The molecule has 0 fully saturated rings. The van der Waals surface area contributed by atoms with Crippen LogP contribution in [-0.4, -0.2) is 39.7 Å². The number of nitrogens with zero attached hydrogens (tertiary/aromatic N) is 2. The lowest BCUT2D eigenvalue weighted by molar-refractivity contribution is 0.0721. The van der Waals surface area contributed by atoms with Crippen LogP contribution in [0.5, 0.6) is 0 Å². The van der Waals surface area contributed by atoms with Crippen molar-refractivity contribution in [1.82, 2.24) is 10.7 Å². The SMILES string of the molecule is CCO[Si](OCC)(OCC)C1=CC(N)=NN(N)N1. The highest BCUT2D eigenvalue weighted by Crippen LogP contribution is 2.19. The maximum atomic E-state index is 5.72. The minimum absolute atomic E-state index is 0.266. The highest BCUT2D eigenvalue weighted by molar-refractivity contribution is 6.69. The van der Waals surface area contributed by atoms with Gasteiger partial charge in [-0.3, -0.25) is 5.43 Å². The number of hydrazine groups is 2. The fourth-order valence-electron chi connectivity index (χ4n) is 1.57.